The Balaban J connectivity index is 1.70. The molecule has 0 bridgehead atoms. The molecule has 2 heterocycles. The third kappa shape index (κ3) is 4.24. The van der Waals surface area contributed by atoms with Crippen LogP contribution in [0.2, 0.25) is 5.02 Å². The van der Waals surface area contributed by atoms with Crippen LogP contribution in [0.15, 0.2) is 30.5 Å². The second-order valence-electron chi connectivity index (χ2n) is 5.75. The minimum atomic E-state index is -0.532. The van der Waals surface area contributed by atoms with E-state index in [-0.39, 0.29) is 10.7 Å². The number of aromatic nitrogens is 2. The van der Waals surface area contributed by atoms with Crippen LogP contribution in [-0.2, 0) is 0 Å². The summed E-state index contributed by atoms with van der Waals surface area (Å²) in [5.41, 5.74) is 0.663. The Morgan fingerprint density at radius 2 is 2.04 bits per heavy atom. The van der Waals surface area contributed by atoms with Gasteiger partial charge in [0.05, 0.1) is 5.02 Å². The van der Waals surface area contributed by atoms with E-state index >= 15 is 0 Å². The van der Waals surface area contributed by atoms with Gasteiger partial charge in [0.25, 0.3) is 5.91 Å². The van der Waals surface area contributed by atoms with Gasteiger partial charge in [-0.1, -0.05) is 18.5 Å². The normalized spacial score (nSPS) is 15.2. The Hall–Kier alpha value is -2.25. The van der Waals surface area contributed by atoms with Crippen molar-refractivity contribution in [3.63, 3.8) is 0 Å². The molecule has 0 saturated carbocycles. The molecule has 1 amide bonds. The number of hydrogen-bond acceptors (Lipinski definition) is 5. The van der Waals surface area contributed by atoms with Crippen LogP contribution in [-0.4, -0.2) is 53.5 Å². The summed E-state index contributed by atoms with van der Waals surface area (Å²) in [5.74, 6) is -0.380. The summed E-state index contributed by atoms with van der Waals surface area (Å²) in [6.07, 6.45) is 1.57. The summed E-state index contributed by atoms with van der Waals surface area (Å²) in [7, 11) is 0. The van der Waals surface area contributed by atoms with Gasteiger partial charge in [-0.25, -0.2) is 14.4 Å². The van der Waals surface area contributed by atoms with Crippen LogP contribution >= 0.6 is 11.6 Å². The van der Waals surface area contributed by atoms with Crippen LogP contribution in [0.3, 0.4) is 0 Å². The molecule has 6 nitrogen and oxygen atoms in total. The van der Waals surface area contributed by atoms with E-state index in [2.05, 4.69) is 32.0 Å². The van der Waals surface area contributed by atoms with Crippen molar-refractivity contribution >= 4 is 29.1 Å². The number of likely N-dealkylation sites (N-methyl/N-ethyl adjacent to an activating group) is 1. The number of nitrogens with one attached hydrogen (secondary N) is 1. The number of nitrogens with zero attached hydrogens (tertiary/aromatic N) is 4. The number of piperazine rings is 1. The highest BCUT2D eigenvalue weighted by molar-refractivity contribution is 6.31. The van der Waals surface area contributed by atoms with E-state index in [4.69, 9.17) is 11.6 Å². The first kappa shape index (κ1) is 17.6. The maximum Gasteiger partial charge on any atom is 0.274 e. The zero-order valence-corrected chi connectivity index (χ0v) is 14.6. The molecule has 0 unspecified atom stereocenters. The van der Waals surface area contributed by atoms with Crippen LogP contribution in [0.5, 0.6) is 0 Å². The molecule has 132 valence electrons. The van der Waals surface area contributed by atoms with E-state index in [1.165, 1.54) is 18.2 Å². The first-order valence-electron chi connectivity index (χ1n) is 8.13. The molecular weight excluding hydrogens is 345 g/mol. The third-order valence-corrected chi connectivity index (χ3v) is 4.44. The van der Waals surface area contributed by atoms with E-state index in [9.17, 15) is 9.18 Å². The summed E-state index contributed by atoms with van der Waals surface area (Å²) in [5, 5.41) is 2.62. The molecule has 1 fully saturated rings. The molecule has 8 heteroatoms. The molecule has 1 aliphatic heterocycles. The predicted octanol–water partition coefficient (Wildman–Crippen LogP) is 2.66. The summed E-state index contributed by atoms with van der Waals surface area (Å²) in [6.45, 7) is 6.71. The van der Waals surface area contributed by atoms with Crippen LogP contribution in [0.4, 0.5) is 16.0 Å². The number of carbonyl (C=O) groups excluding carboxylic acids is 1. The summed E-state index contributed by atoms with van der Waals surface area (Å²) < 4.78 is 13.2. The maximum absolute atomic E-state index is 13.2. The van der Waals surface area contributed by atoms with Gasteiger partial charge in [-0.3, -0.25) is 4.79 Å². The first-order chi connectivity index (χ1) is 12.1. The van der Waals surface area contributed by atoms with Gasteiger partial charge in [0.15, 0.2) is 0 Å². The number of rotatable bonds is 4. The van der Waals surface area contributed by atoms with Gasteiger partial charge >= 0.3 is 0 Å². The monoisotopic (exact) mass is 363 g/mol. The minimum absolute atomic E-state index is 0.0463. The Kier molecular flexibility index (Phi) is 5.45. The van der Waals surface area contributed by atoms with Gasteiger partial charge < -0.3 is 15.1 Å². The summed E-state index contributed by atoms with van der Waals surface area (Å²) in [6, 6.07) is 5.56. The van der Waals surface area contributed by atoms with Crippen molar-refractivity contribution in [3.05, 3.63) is 47.0 Å². The molecule has 0 atom stereocenters. The number of anilines is 2. The fraction of sp³-hybridized carbons (Fsp3) is 0.353. The lowest BCUT2D eigenvalue weighted by Gasteiger charge is -2.34. The van der Waals surface area contributed by atoms with Crippen LogP contribution in [0, 0.1) is 5.82 Å². The van der Waals surface area contributed by atoms with Gasteiger partial charge in [-0.2, -0.15) is 0 Å². The molecular formula is C17H19ClFN5O. The fourth-order valence-corrected chi connectivity index (χ4v) is 2.84. The van der Waals surface area contributed by atoms with E-state index in [0.29, 0.717) is 11.6 Å². The second-order valence-corrected chi connectivity index (χ2v) is 6.15. The zero-order valence-electron chi connectivity index (χ0n) is 13.9. The minimum Gasteiger partial charge on any atom is -0.338 e. The van der Waals surface area contributed by atoms with Crippen molar-refractivity contribution in [2.24, 2.45) is 0 Å². The number of hydrogen-bond donors (Lipinski definition) is 1. The van der Waals surface area contributed by atoms with Crippen molar-refractivity contribution < 1.29 is 9.18 Å². The average Bonchev–Trinajstić information content (AvgIpc) is 2.65. The quantitative estimate of drug-likeness (QED) is 0.904. The molecule has 3 rings (SSSR count). The lowest BCUT2D eigenvalue weighted by molar-refractivity contribution is 0.102. The van der Waals surface area contributed by atoms with Crippen LogP contribution in [0.1, 0.15) is 17.4 Å². The number of amides is 1. The Morgan fingerprint density at radius 3 is 2.72 bits per heavy atom. The van der Waals surface area contributed by atoms with Crippen LogP contribution in [0.25, 0.3) is 0 Å². The van der Waals surface area contributed by atoms with E-state index in [1.807, 2.05) is 0 Å². The molecule has 0 aliphatic carbocycles. The van der Waals surface area contributed by atoms with E-state index < -0.39 is 11.7 Å². The van der Waals surface area contributed by atoms with Crippen molar-refractivity contribution in [1.82, 2.24) is 14.9 Å². The molecule has 1 aromatic heterocycles. The summed E-state index contributed by atoms with van der Waals surface area (Å²) >= 11 is 5.73. The maximum atomic E-state index is 13.2. The van der Waals surface area contributed by atoms with Crippen molar-refractivity contribution in [2.45, 2.75) is 6.92 Å². The average molecular weight is 364 g/mol. The van der Waals surface area contributed by atoms with Gasteiger partial charge in [0.2, 0.25) is 5.95 Å². The Labute approximate surface area is 150 Å². The van der Waals surface area contributed by atoms with E-state index in [0.717, 1.165) is 32.7 Å². The number of carbonyl (C=O) groups is 1. The molecule has 25 heavy (non-hydrogen) atoms. The van der Waals surface area contributed by atoms with Crippen LogP contribution < -0.4 is 10.2 Å². The van der Waals surface area contributed by atoms with Crippen molar-refractivity contribution in [1.29, 1.82) is 0 Å². The topological polar surface area (TPSA) is 61.4 Å². The number of halogens is 2. The largest absolute Gasteiger partial charge is 0.338 e. The molecule has 1 aliphatic rings. The smallest absolute Gasteiger partial charge is 0.274 e. The van der Waals surface area contributed by atoms with E-state index in [1.54, 1.807) is 12.3 Å². The molecule has 2 aromatic rings. The molecule has 1 N–H and O–H groups in total. The Bertz CT molecular complexity index is 764. The Morgan fingerprint density at radius 1 is 1.28 bits per heavy atom. The highest BCUT2D eigenvalue weighted by Gasteiger charge is 2.19. The first-order valence-corrected chi connectivity index (χ1v) is 8.51. The highest BCUT2D eigenvalue weighted by atomic mass is 35.5. The van der Waals surface area contributed by atoms with Gasteiger partial charge in [0.1, 0.15) is 11.5 Å². The van der Waals surface area contributed by atoms with Crippen molar-refractivity contribution in [3.8, 4) is 0 Å². The lowest BCUT2D eigenvalue weighted by atomic mass is 10.3. The van der Waals surface area contributed by atoms with Gasteiger partial charge in [-0.15, -0.1) is 0 Å². The third-order valence-electron chi connectivity index (χ3n) is 4.16. The number of benzene rings is 1. The SMILES string of the molecule is CCN1CCN(c2nccc(C(=O)Nc3ccc(F)c(Cl)c3)n2)CC1. The molecule has 0 radical (unpaired) electrons. The fourth-order valence-electron chi connectivity index (χ4n) is 2.66. The zero-order chi connectivity index (χ0) is 17.8. The lowest BCUT2D eigenvalue weighted by Crippen LogP contribution is -2.46. The van der Waals surface area contributed by atoms with Gasteiger partial charge in [-0.05, 0) is 30.8 Å². The van der Waals surface area contributed by atoms with Gasteiger partial charge in [0, 0.05) is 38.1 Å². The molecule has 1 aromatic carbocycles. The molecule has 0 spiro atoms. The highest BCUT2D eigenvalue weighted by Crippen LogP contribution is 2.20. The standard InChI is InChI=1S/C17H19ClFN5O/c1-2-23-7-9-24(10-8-23)17-20-6-5-15(22-17)16(25)21-12-3-4-14(19)13(18)11-12/h3-6,11H,2,7-10H2,1H3,(H,21,25). The molecule has 1 saturated heterocycles. The second kappa shape index (κ2) is 7.76. The summed E-state index contributed by atoms with van der Waals surface area (Å²) in [4.78, 5) is 25.4. The van der Waals surface area contributed by atoms with Crippen molar-refractivity contribution in [2.75, 3.05) is 42.9 Å². The predicted molar refractivity (Wildman–Crippen MR) is 95.7 cm³/mol.